The van der Waals surface area contributed by atoms with Crippen molar-refractivity contribution in [3.63, 3.8) is 0 Å². The highest BCUT2D eigenvalue weighted by atomic mass is 19.1. The quantitative estimate of drug-likeness (QED) is 0.428. The smallest absolute Gasteiger partial charge is 0.270 e. The first-order valence-electron chi connectivity index (χ1n) is 10.1. The lowest BCUT2D eigenvalue weighted by Crippen LogP contribution is -2.49. The van der Waals surface area contributed by atoms with Crippen molar-refractivity contribution in [2.24, 2.45) is 0 Å². The monoisotopic (exact) mass is 428 g/mol. The summed E-state index contributed by atoms with van der Waals surface area (Å²) in [6, 6.07) is 8.65. The maximum absolute atomic E-state index is 14.5. The fourth-order valence-electron chi connectivity index (χ4n) is 3.56. The number of rotatable bonds is 6. The van der Waals surface area contributed by atoms with Crippen LogP contribution < -0.4 is 10.2 Å². The molecule has 3 rings (SSSR count). The highest BCUT2D eigenvalue weighted by Gasteiger charge is 2.27. The second kappa shape index (κ2) is 9.11. The van der Waals surface area contributed by atoms with Crippen LogP contribution in [0.2, 0.25) is 0 Å². The van der Waals surface area contributed by atoms with E-state index in [0.717, 1.165) is 0 Å². The highest BCUT2D eigenvalue weighted by Crippen LogP contribution is 2.26. The number of halogens is 1. The average Bonchev–Trinajstić information content (AvgIpc) is 2.73. The normalized spacial score (nSPS) is 14.0. The van der Waals surface area contributed by atoms with Crippen LogP contribution in [0.3, 0.4) is 0 Å². The summed E-state index contributed by atoms with van der Waals surface area (Å²) >= 11 is 0. The van der Waals surface area contributed by atoms with Crippen LogP contribution >= 0.6 is 0 Å². The van der Waals surface area contributed by atoms with E-state index in [0.29, 0.717) is 43.1 Å². The van der Waals surface area contributed by atoms with Crippen molar-refractivity contribution in [2.45, 2.75) is 26.8 Å². The maximum Gasteiger partial charge on any atom is 0.270 e. The molecule has 0 radical (unpaired) electrons. The van der Waals surface area contributed by atoms with Gasteiger partial charge in [0, 0.05) is 55.6 Å². The Balaban J connectivity index is 1.76. The molecule has 0 aliphatic carbocycles. The average molecular weight is 428 g/mol. The Hall–Kier alpha value is -3.49. The summed E-state index contributed by atoms with van der Waals surface area (Å²) in [7, 11) is 0. The number of carbonyl (C=O) groups excluding carboxylic acids is 2. The zero-order valence-electron chi connectivity index (χ0n) is 17.7. The Morgan fingerprint density at radius 1 is 1.10 bits per heavy atom. The number of hydrogen-bond acceptors (Lipinski definition) is 6. The van der Waals surface area contributed by atoms with Gasteiger partial charge in [-0.2, -0.15) is 0 Å². The van der Waals surface area contributed by atoms with Gasteiger partial charge in [-0.15, -0.1) is 0 Å². The Bertz CT molecular complexity index is 1020. The molecule has 1 saturated heterocycles. The van der Waals surface area contributed by atoms with Crippen molar-refractivity contribution in [3.8, 4) is 0 Å². The number of ketones is 1. The fourth-order valence-corrected chi connectivity index (χ4v) is 3.56. The summed E-state index contributed by atoms with van der Waals surface area (Å²) in [6.45, 7) is 6.72. The lowest BCUT2D eigenvalue weighted by molar-refractivity contribution is -0.384. The second-order valence-corrected chi connectivity index (χ2v) is 7.79. The summed E-state index contributed by atoms with van der Waals surface area (Å²) in [5, 5.41) is 14.3. The molecule has 0 unspecified atom stereocenters. The number of non-ortho nitro benzene ring substituents is 1. The Morgan fingerprint density at radius 2 is 1.77 bits per heavy atom. The van der Waals surface area contributed by atoms with E-state index in [4.69, 9.17) is 0 Å². The number of amides is 1. The van der Waals surface area contributed by atoms with Crippen molar-refractivity contribution in [1.29, 1.82) is 0 Å². The van der Waals surface area contributed by atoms with E-state index < -0.39 is 10.7 Å². The minimum Gasteiger partial charge on any atom is -0.382 e. The van der Waals surface area contributed by atoms with Crippen molar-refractivity contribution in [3.05, 3.63) is 63.5 Å². The van der Waals surface area contributed by atoms with Gasteiger partial charge in [-0.25, -0.2) is 4.39 Å². The minimum atomic E-state index is -0.526. The number of nitrogens with one attached hydrogen (secondary N) is 1. The van der Waals surface area contributed by atoms with E-state index >= 15 is 0 Å². The van der Waals surface area contributed by atoms with Gasteiger partial charge in [0.25, 0.3) is 11.6 Å². The van der Waals surface area contributed by atoms with Crippen LogP contribution in [-0.2, 0) is 0 Å². The Labute approximate surface area is 179 Å². The Kier molecular flexibility index (Phi) is 6.53. The first-order valence-corrected chi connectivity index (χ1v) is 10.1. The molecule has 0 bridgehead atoms. The number of hydrogen-bond donors (Lipinski definition) is 1. The van der Waals surface area contributed by atoms with Crippen LogP contribution in [0.1, 0.15) is 41.5 Å². The molecular formula is C22H25FN4O4. The van der Waals surface area contributed by atoms with Gasteiger partial charge >= 0.3 is 0 Å². The molecule has 164 valence electrons. The van der Waals surface area contributed by atoms with Gasteiger partial charge in [0.05, 0.1) is 16.2 Å². The number of Topliss-reactive ketones (excluding diaryl/α,β-unsaturated/α-hetero) is 1. The van der Waals surface area contributed by atoms with Crippen LogP contribution in [0.25, 0.3) is 0 Å². The molecule has 0 spiro atoms. The number of nitro groups is 1. The van der Waals surface area contributed by atoms with Gasteiger partial charge in [-0.3, -0.25) is 19.7 Å². The topological polar surface area (TPSA) is 95.8 Å². The molecule has 1 heterocycles. The van der Waals surface area contributed by atoms with Crippen molar-refractivity contribution >= 4 is 28.8 Å². The predicted molar refractivity (Wildman–Crippen MR) is 116 cm³/mol. The SMILES string of the molecule is CC(=O)c1ccc(N2CCN(C(=O)c3cc([N+](=O)[O-])ccc3NC(C)C)CC2)c(F)c1. The number of benzene rings is 2. The van der Waals surface area contributed by atoms with Crippen molar-refractivity contribution < 1.29 is 18.9 Å². The molecule has 2 aromatic rings. The number of piperazine rings is 1. The second-order valence-electron chi connectivity index (χ2n) is 7.79. The number of nitrogens with zero attached hydrogens (tertiary/aromatic N) is 3. The van der Waals surface area contributed by atoms with Crippen LogP contribution in [0.4, 0.5) is 21.5 Å². The van der Waals surface area contributed by atoms with Gasteiger partial charge in [0.2, 0.25) is 0 Å². The summed E-state index contributed by atoms with van der Waals surface area (Å²) in [5.74, 6) is -0.989. The maximum atomic E-state index is 14.5. The number of anilines is 2. The summed E-state index contributed by atoms with van der Waals surface area (Å²) in [5.41, 5.74) is 1.33. The van der Waals surface area contributed by atoms with Crippen molar-refractivity contribution in [2.75, 3.05) is 36.4 Å². The molecule has 8 nitrogen and oxygen atoms in total. The van der Waals surface area contributed by atoms with Gasteiger partial charge in [-0.05, 0) is 45.0 Å². The number of nitro benzene ring substituents is 1. The van der Waals surface area contributed by atoms with Crippen LogP contribution in [0, 0.1) is 15.9 Å². The van der Waals surface area contributed by atoms with E-state index in [-0.39, 0.29) is 29.0 Å². The molecule has 2 aromatic carbocycles. The van der Waals surface area contributed by atoms with Crippen LogP contribution in [0.15, 0.2) is 36.4 Å². The first kappa shape index (κ1) is 22.2. The fraction of sp³-hybridized carbons (Fsp3) is 0.364. The lowest BCUT2D eigenvalue weighted by atomic mass is 10.1. The number of carbonyl (C=O) groups is 2. The van der Waals surface area contributed by atoms with Crippen molar-refractivity contribution in [1.82, 2.24) is 4.90 Å². The summed E-state index contributed by atoms with van der Waals surface area (Å²) in [4.78, 5) is 38.7. The first-order chi connectivity index (χ1) is 14.7. The van der Waals surface area contributed by atoms with Gasteiger partial charge < -0.3 is 15.1 Å². The van der Waals surface area contributed by atoms with Crippen LogP contribution in [-0.4, -0.2) is 53.7 Å². The van der Waals surface area contributed by atoms with Crippen LogP contribution in [0.5, 0.6) is 0 Å². The zero-order valence-corrected chi connectivity index (χ0v) is 17.7. The van der Waals surface area contributed by atoms with E-state index in [9.17, 15) is 24.1 Å². The van der Waals surface area contributed by atoms with E-state index in [1.165, 1.54) is 25.1 Å². The molecule has 1 amide bonds. The third kappa shape index (κ3) is 4.99. The van der Waals surface area contributed by atoms with Gasteiger partial charge in [0.15, 0.2) is 5.78 Å². The Morgan fingerprint density at radius 3 is 2.32 bits per heavy atom. The summed E-state index contributed by atoms with van der Waals surface area (Å²) in [6.07, 6.45) is 0. The third-order valence-corrected chi connectivity index (χ3v) is 5.15. The molecule has 0 aromatic heterocycles. The lowest BCUT2D eigenvalue weighted by Gasteiger charge is -2.36. The molecule has 31 heavy (non-hydrogen) atoms. The molecule has 0 saturated carbocycles. The molecule has 1 aliphatic heterocycles. The molecule has 0 atom stereocenters. The van der Waals surface area contributed by atoms with Gasteiger partial charge in [-0.1, -0.05) is 0 Å². The largest absolute Gasteiger partial charge is 0.382 e. The standard InChI is InChI=1S/C22H25FN4O4/c1-14(2)24-20-6-5-17(27(30)31)13-18(20)22(29)26-10-8-25(9-11-26)21-7-4-16(15(3)28)12-19(21)23/h4-7,12-14,24H,8-11H2,1-3H3. The third-order valence-electron chi connectivity index (χ3n) is 5.15. The van der Waals surface area contributed by atoms with E-state index in [1.807, 2.05) is 18.7 Å². The molecule has 1 aliphatic rings. The minimum absolute atomic E-state index is 0.0470. The summed E-state index contributed by atoms with van der Waals surface area (Å²) < 4.78 is 14.5. The zero-order chi connectivity index (χ0) is 22.7. The molecule has 1 fully saturated rings. The predicted octanol–water partition coefficient (Wildman–Crippen LogP) is 3.72. The molecular weight excluding hydrogens is 403 g/mol. The van der Waals surface area contributed by atoms with E-state index in [2.05, 4.69) is 5.32 Å². The molecule has 1 N–H and O–H groups in total. The van der Waals surface area contributed by atoms with Gasteiger partial charge in [0.1, 0.15) is 5.82 Å². The molecule has 9 heteroatoms. The highest BCUT2D eigenvalue weighted by molar-refractivity contribution is 6.00. The van der Waals surface area contributed by atoms with E-state index in [1.54, 1.807) is 23.1 Å².